The maximum atomic E-state index is 12.4. The summed E-state index contributed by atoms with van der Waals surface area (Å²) in [4.78, 5) is 28.6. The first-order valence-electron chi connectivity index (χ1n) is 8.54. The van der Waals surface area contributed by atoms with Crippen LogP contribution in [0.1, 0.15) is 12.0 Å². The van der Waals surface area contributed by atoms with Gasteiger partial charge in [0.2, 0.25) is 11.8 Å². The number of rotatable bonds is 5. The molecule has 2 aliphatic rings. The molecule has 2 aliphatic heterocycles. The van der Waals surface area contributed by atoms with Crippen molar-refractivity contribution in [1.29, 1.82) is 5.26 Å². The third-order valence-corrected chi connectivity index (χ3v) is 4.63. The van der Waals surface area contributed by atoms with Crippen LogP contribution in [0.5, 0.6) is 0 Å². The summed E-state index contributed by atoms with van der Waals surface area (Å²) in [6, 6.07) is 8.82. The number of carbonyl (C=O) groups is 2. The van der Waals surface area contributed by atoms with Crippen LogP contribution >= 0.6 is 0 Å². The van der Waals surface area contributed by atoms with E-state index in [1.807, 2.05) is 6.07 Å². The number of amides is 2. The van der Waals surface area contributed by atoms with E-state index in [1.54, 1.807) is 29.2 Å². The monoisotopic (exact) mass is 342 g/mol. The molecular weight excluding hydrogens is 320 g/mol. The zero-order chi connectivity index (χ0) is 17.6. The van der Waals surface area contributed by atoms with E-state index >= 15 is 0 Å². The van der Waals surface area contributed by atoms with Crippen LogP contribution in [0.25, 0.3) is 0 Å². The topological polar surface area (TPSA) is 85.7 Å². The Balaban J connectivity index is 1.50. The number of ether oxygens (including phenoxy) is 1. The SMILES string of the molecule is N#Cc1cccc(NC(=O)C2CC(=O)N(CCN3CCOCC3)C2)c1. The zero-order valence-corrected chi connectivity index (χ0v) is 14.1. The van der Waals surface area contributed by atoms with Crippen molar-refractivity contribution in [3.05, 3.63) is 29.8 Å². The Morgan fingerprint density at radius 1 is 1.32 bits per heavy atom. The summed E-state index contributed by atoms with van der Waals surface area (Å²) in [7, 11) is 0. The molecule has 0 bridgehead atoms. The summed E-state index contributed by atoms with van der Waals surface area (Å²) < 4.78 is 5.32. The van der Waals surface area contributed by atoms with E-state index in [9.17, 15) is 9.59 Å². The highest BCUT2D eigenvalue weighted by atomic mass is 16.5. The molecule has 1 N–H and O–H groups in total. The van der Waals surface area contributed by atoms with E-state index in [0.29, 0.717) is 24.3 Å². The summed E-state index contributed by atoms with van der Waals surface area (Å²) in [5, 5.41) is 11.7. The molecule has 2 heterocycles. The Kier molecular flexibility index (Phi) is 5.64. The summed E-state index contributed by atoms with van der Waals surface area (Å²) in [5.74, 6) is -0.487. The van der Waals surface area contributed by atoms with E-state index in [1.165, 1.54) is 0 Å². The number of likely N-dealkylation sites (tertiary alicyclic amines) is 1. The van der Waals surface area contributed by atoms with Gasteiger partial charge in [-0.25, -0.2) is 0 Å². The van der Waals surface area contributed by atoms with Gasteiger partial charge >= 0.3 is 0 Å². The number of morpholine rings is 1. The van der Waals surface area contributed by atoms with Gasteiger partial charge in [0.05, 0.1) is 30.8 Å². The third-order valence-electron chi connectivity index (χ3n) is 4.63. The van der Waals surface area contributed by atoms with E-state index < -0.39 is 0 Å². The van der Waals surface area contributed by atoms with Gasteiger partial charge in [0.25, 0.3) is 0 Å². The fraction of sp³-hybridized carbons (Fsp3) is 0.500. The minimum Gasteiger partial charge on any atom is -0.379 e. The maximum Gasteiger partial charge on any atom is 0.229 e. The van der Waals surface area contributed by atoms with Gasteiger partial charge in [0.15, 0.2) is 0 Å². The molecular formula is C18H22N4O3. The summed E-state index contributed by atoms with van der Waals surface area (Å²) in [6.07, 6.45) is 0.243. The highest BCUT2D eigenvalue weighted by molar-refractivity contribution is 5.97. The van der Waals surface area contributed by atoms with Gasteiger partial charge in [-0.2, -0.15) is 5.26 Å². The van der Waals surface area contributed by atoms with Crippen LogP contribution in [0.4, 0.5) is 5.69 Å². The van der Waals surface area contributed by atoms with Crippen molar-refractivity contribution >= 4 is 17.5 Å². The molecule has 1 atom stereocenters. The molecule has 0 saturated carbocycles. The van der Waals surface area contributed by atoms with E-state index in [0.717, 1.165) is 32.8 Å². The second kappa shape index (κ2) is 8.10. The van der Waals surface area contributed by atoms with Crippen molar-refractivity contribution in [2.75, 3.05) is 51.3 Å². The molecule has 0 aliphatic carbocycles. The molecule has 132 valence electrons. The molecule has 0 spiro atoms. The third kappa shape index (κ3) is 4.56. The number of nitriles is 1. The lowest BCUT2D eigenvalue weighted by Gasteiger charge is -2.28. The zero-order valence-electron chi connectivity index (χ0n) is 14.1. The lowest BCUT2D eigenvalue weighted by atomic mass is 10.1. The van der Waals surface area contributed by atoms with Crippen LogP contribution < -0.4 is 5.32 Å². The van der Waals surface area contributed by atoms with Crippen molar-refractivity contribution < 1.29 is 14.3 Å². The second-order valence-corrected chi connectivity index (χ2v) is 6.38. The Hall–Kier alpha value is -2.43. The van der Waals surface area contributed by atoms with E-state index in [4.69, 9.17) is 10.00 Å². The van der Waals surface area contributed by atoms with Gasteiger partial charge in [-0.3, -0.25) is 14.5 Å². The Bertz CT molecular complexity index is 679. The molecule has 1 unspecified atom stereocenters. The Morgan fingerprint density at radius 2 is 2.12 bits per heavy atom. The molecule has 7 heteroatoms. The van der Waals surface area contributed by atoms with Gasteiger partial charge in [-0.15, -0.1) is 0 Å². The highest BCUT2D eigenvalue weighted by Gasteiger charge is 2.34. The summed E-state index contributed by atoms with van der Waals surface area (Å²) >= 11 is 0. The van der Waals surface area contributed by atoms with Crippen molar-refractivity contribution in [3.63, 3.8) is 0 Å². The van der Waals surface area contributed by atoms with Crippen molar-refractivity contribution in [2.24, 2.45) is 5.92 Å². The lowest BCUT2D eigenvalue weighted by molar-refractivity contribution is -0.128. The first kappa shape index (κ1) is 17.4. The molecule has 7 nitrogen and oxygen atoms in total. The maximum absolute atomic E-state index is 12.4. The molecule has 2 saturated heterocycles. The Morgan fingerprint density at radius 3 is 2.88 bits per heavy atom. The average molecular weight is 342 g/mol. The van der Waals surface area contributed by atoms with Crippen molar-refractivity contribution in [1.82, 2.24) is 9.80 Å². The van der Waals surface area contributed by atoms with Gasteiger partial charge in [-0.05, 0) is 18.2 Å². The highest BCUT2D eigenvalue weighted by Crippen LogP contribution is 2.20. The molecule has 0 radical (unpaired) electrons. The predicted octanol–water partition coefficient (Wildman–Crippen LogP) is 0.677. The number of hydrogen-bond donors (Lipinski definition) is 1. The van der Waals surface area contributed by atoms with Gasteiger partial charge in [0, 0.05) is 44.8 Å². The fourth-order valence-corrected chi connectivity index (χ4v) is 3.16. The number of hydrogen-bond acceptors (Lipinski definition) is 5. The molecule has 1 aromatic carbocycles. The number of carbonyl (C=O) groups excluding carboxylic acids is 2. The van der Waals surface area contributed by atoms with Crippen LogP contribution in [0.15, 0.2) is 24.3 Å². The predicted molar refractivity (Wildman–Crippen MR) is 91.7 cm³/mol. The number of nitrogens with zero attached hydrogens (tertiary/aromatic N) is 3. The first-order valence-corrected chi connectivity index (χ1v) is 8.54. The van der Waals surface area contributed by atoms with Crippen LogP contribution in [0, 0.1) is 17.2 Å². The van der Waals surface area contributed by atoms with Crippen LogP contribution in [-0.2, 0) is 14.3 Å². The largest absolute Gasteiger partial charge is 0.379 e. The first-order chi connectivity index (χ1) is 12.2. The second-order valence-electron chi connectivity index (χ2n) is 6.38. The molecule has 2 amide bonds. The van der Waals surface area contributed by atoms with Crippen molar-refractivity contribution in [3.8, 4) is 6.07 Å². The van der Waals surface area contributed by atoms with E-state index in [2.05, 4.69) is 10.2 Å². The minimum atomic E-state index is -0.345. The smallest absolute Gasteiger partial charge is 0.229 e. The standard InChI is InChI=1S/C18H22N4O3/c19-12-14-2-1-3-16(10-14)20-18(24)15-11-17(23)22(13-15)5-4-21-6-8-25-9-7-21/h1-3,10,15H,4-9,11,13H2,(H,20,24). The van der Waals surface area contributed by atoms with Gasteiger partial charge in [0.1, 0.15) is 0 Å². The van der Waals surface area contributed by atoms with Crippen LogP contribution in [0.2, 0.25) is 0 Å². The molecule has 0 aromatic heterocycles. The minimum absolute atomic E-state index is 0.0270. The van der Waals surface area contributed by atoms with Gasteiger partial charge in [-0.1, -0.05) is 6.07 Å². The number of benzene rings is 1. The quantitative estimate of drug-likeness (QED) is 0.850. The van der Waals surface area contributed by atoms with Crippen LogP contribution in [-0.4, -0.2) is 67.6 Å². The average Bonchev–Trinajstić information content (AvgIpc) is 3.02. The number of nitrogens with one attached hydrogen (secondary N) is 1. The van der Waals surface area contributed by atoms with E-state index in [-0.39, 0.29) is 24.2 Å². The Labute approximate surface area is 147 Å². The molecule has 25 heavy (non-hydrogen) atoms. The number of anilines is 1. The molecule has 1 aromatic rings. The summed E-state index contributed by atoms with van der Waals surface area (Å²) in [5.41, 5.74) is 1.08. The van der Waals surface area contributed by atoms with Crippen LogP contribution in [0.3, 0.4) is 0 Å². The summed E-state index contributed by atoms with van der Waals surface area (Å²) in [6.45, 7) is 5.16. The van der Waals surface area contributed by atoms with Gasteiger partial charge < -0.3 is 15.0 Å². The van der Waals surface area contributed by atoms with Crippen molar-refractivity contribution in [2.45, 2.75) is 6.42 Å². The molecule has 3 rings (SSSR count). The normalized spacial score (nSPS) is 21.2. The molecule has 2 fully saturated rings. The fourth-order valence-electron chi connectivity index (χ4n) is 3.16. The lowest BCUT2D eigenvalue weighted by Crippen LogP contribution is -2.42.